The van der Waals surface area contributed by atoms with Crippen LogP contribution in [0, 0.1) is 12.8 Å². The van der Waals surface area contributed by atoms with Gasteiger partial charge in [0.05, 0.1) is 37.4 Å². The van der Waals surface area contributed by atoms with E-state index in [2.05, 4.69) is 4.98 Å². The van der Waals surface area contributed by atoms with Gasteiger partial charge in [-0.3, -0.25) is 4.79 Å². The molecule has 2 aromatic carbocycles. The van der Waals surface area contributed by atoms with Gasteiger partial charge < -0.3 is 18.9 Å². The Kier molecular flexibility index (Phi) is 8.89. The number of benzene rings is 2. The fourth-order valence-corrected chi connectivity index (χ4v) is 6.27. The van der Waals surface area contributed by atoms with Crippen LogP contribution in [0.1, 0.15) is 53.9 Å². The lowest BCUT2D eigenvalue weighted by Crippen LogP contribution is -2.37. The van der Waals surface area contributed by atoms with Crippen LogP contribution in [0.15, 0.2) is 59.9 Å². The van der Waals surface area contributed by atoms with Crippen molar-refractivity contribution in [2.24, 2.45) is 5.92 Å². The van der Waals surface area contributed by atoms with E-state index >= 15 is 0 Å². The van der Waals surface area contributed by atoms with E-state index in [-0.39, 0.29) is 35.4 Å². The number of ether oxygens (including phenoxy) is 2. The van der Waals surface area contributed by atoms with Crippen molar-refractivity contribution in [3.8, 4) is 5.75 Å². The lowest BCUT2D eigenvalue weighted by molar-refractivity contribution is 0.0501. The summed E-state index contributed by atoms with van der Waals surface area (Å²) in [6, 6.07) is 14.5. The Morgan fingerprint density at radius 1 is 1.21 bits per heavy atom. The first-order chi connectivity index (χ1) is 18.2. The zero-order chi connectivity index (χ0) is 27.3. The van der Waals surface area contributed by atoms with Crippen molar-refractivity contribution in [1.82, 2.24) is 14.5 Å². The zero-order valence-electron chi connectivity index (χ0n) is 22.6. The van der Waals surface area contributed by atoms with Crippen LogP contribution in [0.2, 0.25) is 0 Å². The Labute approximate surface area is 225 Å². The number of amides is 1. The van der Waals surface area contributed by atoms with E-state index in [1.165, 1.54) is 0 Å². The second kappa shape index (κ2) is 12.1. The smallest absolute Gasteiger partial charge is 0.254 e. The summed E-state index contributed by atoms with van der Waals surface area (Å²) >= 11 is 0. The number of rotatable bonds is 11. The molecular formula is C29H37N3O5S. The second-order valence-electron chi connectivity index (χ2n) is 10.3. The first-order valence-electron chi connectivity index (χ1n) is 13.0. The first-order valence-corrected chi connectivity index (χ1v) is 14.7. The topological polar surface area (TPSA) is 90.7 Å². The third-order valence-electron chi connectivity index (χ3n) is 6.59. The number of aryl methyl sites for hydroxylation is 1. The monoisotopic (exact) mass is 539 g/mol. The molecule has 1 saturated heterocycles. The highest BCUT2D eigenvalue weighted by Gasteiger charge is 2.28. The predicted molar refractivity (Wildman–Crippen MR) is 146 cm³/mol. The molecule has 3 aromatic rings. The van der Waals surface area contributed by atoms with E-state index in [1.54, 1.807) is 47.0 Å². The summed E-state index contributed by atoms with van der Waals surface area (Å²) in [5.41, 5.74) is 2.94. The Morgan fingerprint density at radius 3 is 2.61 bits per heavy atom. The highest BCUT2D eigenvalue weighted by molar-refractivity contribution is 7.90. The van der Waals surface area contributed by atoms with Gasteiger partial charge in [0.1, 0.15) is 5.75 Å². The van der Waals surface area contributed by atoms with Crippen molar-refractivity contribution in [2.75, 3.05) is 20.3 Å². The highest BCUT2D eigenvalue weighted by atomic mass is 32.2. The summed E-state index contributed by atoms with van der Waals surface area (Å²) < 4.78 is 39.9. The SMILES string of the molecule is COc1ccc(C(=O)N(Cc2cnc(S(=O)(=O)Cc3cccc(C)c3)n2CC(C)C)CC2CCCO2)cc1. The molecule has 8 nitrogen and oxygen atoms in total. The van der Waals surface area contributed by atoms with Gasteiger partial charge >= 0.3 is 0 Å². The lowest BCUT2D eigenvalue weighted by atomic mass is 10.1. The van der Waals surface area contributed by atoms with Gasteiger partial charge in [0, 0.05) is 25.3 Å². The number of carbonyl (C=O) groups is 1. The van der Waals surface area contributed by atoms with Crippen LogP contribution in [0.5, 0.6) is 5.75 Å². The van der Waals surface area contributed by atoms with Gasteiger partial charge in [-0.2, -0.15) is 0 Å². The molecule has 1 atom stereocenters. The third-order valence-corrected chi connectivity index (χ3v) is 8.19. The Balaban J connectivity index is 1.66. The van der Waals surface area contributed by atoms with Crippen molar-refractivity contribution in [3.05, 3.63) is 77.1 Å². The number of methoxy groups -OCH3 is 1. The van der Waals surface area contributed by atoms with Crippen LogP contribution < -0.4 is 4.74 Å². The molecule has 1 aliphatic rings. The fourth-order valence-electron chi connectivity index (χ4n) is 4.78. The van der Waals surface area contributed by atoms with E-state index in [0.29, 0.717) is 36.7 Å². The van der Waals surface area contributed by atoms with E-state index in [4.69, 9.17) is 9.47 Å². The van der Waals surface area contributed by atoms with Crippen molar-refractivity contribution >= 4 is 15.7 Å². The largest absolute Gasteiger partial charge is 0.497 e. The van der Waals surface area contributed by atoms with Crippen LogP contribution in [0.4, 0.5) is 0 Å². The van der Waals surface area contributed by atoms with Crippen LogP contribution in [0.25, 0.3) is 0 Å². The number of sulfone groups is 1. The molecule has 0 radical (unpaired) electrons. The summed E-state index contributed by atoms with van der Waals surface area (Å²) in [6.45, 7) is 7.81. The average Bonchev–Trinajstić information content (AvgIpc) is 3.53. The molecule has 1 fully saturated rings. The third kappa shape index (κ3) is 6.82. The number of aromatic nitrogens is 2. The van der Waals surface area contributed by atoms with Crippen LogP contribution in [-0.4, -0.2) is 55.1 Å². The fraction of sp³-hybridized carbons (Fsp3) is 0.448. The number of carbonyl (C=O) groups excluding carboxylic acids is 1. The molecule has 2 heterocycles. The molecule has 0 N–H and O–H groups in total. The van der Waals surface area contributed by atoms with Crippen molar-refractivity contribution in [1.29, 1.82) is 0 Å². The Bertz CT molecular complexity index is 1340. The number of imidazole rings is 1. The molecular weight excluding hydrogens is 502 g/mol. The maximum Gasteiger partial charge on any atom is 0.254 e. The molecule has 4 rings (SSSR count). The molecule has 1 amide bonds. The molecule has 0 bridgehead atoms. The van der Waals surface area contributed by atoms with E-state index in [9.17, 15) is 13.2 Å². The summed E-state index contributed by atoms with van der Waals surface area (Å²) in [6.07, 6.45) is 3.38. The molecule has 0 aliphatic carbocycles. The summed E-state index contributed by atoms with van der Waals surface area (Å²) in [5, 5.41) is 0.0386. The summed E-state index contributed by atoms with van der Waals surface area (Å²) in [5.74, 6) is 0.572. The lowest BCUT2D eigenvalue weighted by Gasteiger charge is -2.26. The molecule has 1 aliphatic heterocycles. The van der Waals surface area contributed by atoms with Gasteiger partial charge in [-0.1, -0.05) is 43.7 Å². The number of hydrogen-bond acceptors (Lipinski definition) is 6. The zero-order valence-corrected chi connectivity index (χ0v) is 23.4. The quantitative estimate of drug-likeness (QED) is 0.352. The molecule has 204 valence electrons. The molecule has 1 aromatic heterocycles. The molecule has 0 saturated carbocycles. The maximum absolute atomic E-state index is 13.6. The average molecular weight is 540 g/mol. The second-order valence-corrected chi connectivity index (χ2v) is 12.2. The minimum Gasteiger partial charge on any atom is -0.497 e. The minimum atomic E-state index is -3.71. The van der Waals surface area contributed by atoms with Gasteiger partial charge in [-0.25, -0.2) is 13.4 Å². The maximum atomic E-state index is 13.6. The van der Waals surface area contributed by atoms with Gasteiger partial charge in [0.25, 0.3) is 5.91 Å². The Hall–Kier alpha value is -3.17. The van der Waals surface area contributed by atoms with Gasteiger partial charge in [-0.05, 0) is 55.5 Å². The van der Waals surface area contributed by atoms with E-state index in [0.717, 1.165) is 24.0 Å². The summed E-state index contributed by atoms with van der Waals surface area (Å²) in [7, 11) is -2.13. The first kappa shape index (κ1) is 27.9. The molecule has 9 heteroatoms. The normalized spacial score (nSPS) is 15.7. The van der Waals surface area contributed by atoms with E-state index in [1.807, 2.05) is 45.0 Å². The van der Waals surface area contributed by atoms with Crippen molar-refractivity contribution < 1.29 is 22.7 Å². The van der Waals surface area contributed by atoms with Crippen LogP contribution >= 0.6 is 0 Å². The number of hydrogen-bond donors (Lipinski definition) is 0. The van der Waals surface area contributed by atoms with Crippen molar-refractivity contribution in [2.45, 2.75) is 63.7 Å². The van der Waals surface area contributed by atoms with Gasteiger partial charge in [0.15, 0.2) is 0 Å². The predicted octanol–water partition coefficient (Wildman–Crippen LogP) is 4.65. The molecule has 1 unspecified atom stereocenters. The standard InChI is InChI=1S/C29H37N3O5S/c1-21(2)17-32-25(16-30-29(32)38(34,35)20-23-8-5-7-22(3)15-23)18-31(19-27-9-6-14-37-27)28(33)24-10-12-26(36-4)13-11-24/h5,7-8,10-13,15-16,21,27H,6,9,14,17-20H2,1-4H3. The van der Waals surface area contributed by atoms with Crippen LogP contribution in [-0.2, 0) is 33.4 Å². The van der Waals surface area contributed by atoms with E-state index < -0.39 is 9.84 Å². The Morgan fingerprint density at radius 2 is 1.97 bits per heavy atom. The molecule has 38 heavy (non-hydrogen) atoms. The van der Waals surface area contributed by atoms with Crippen molar-refractivity contribution in [3.63, 3.8) is 0 Å². The van der Waals surface area contributed by atoms with Gasteiger partial charge in [-0.15, -0.1) is 0 Å². The highest BCUT2D eigenvalue weighted by Crippen LogP contribution is 2.23. The number of nitrogens with zero attached hydrogens (tertiary/aromatic N) is 3. The minimum absolute atomic E-state index is 0.0386. The van der Waals surface area contributed by atoms with Gasteiger partial charge in [0.2, 0.25) is 15.0 Å². The van der Waals surface area contributed by atoms with Crippen LogP contribution in [0.3, 0.4) is 0 Å². The molecule has 0 spiro atoms. The summed E-state index contributed by atoms with van der Waals surface area (Å²) in [4.78, 5) is 19.8.